The molecular formula is C22H20F2N6O2. The number of alkyl halides is 2. The van der Waals surface area contributed by atoms with Crippen molar-refractivity contribution >= 4 is 28.3 Å². The van der Waals surface area contributed by atoms with Crippen molar-refractivity contribution in [2.75, 3.05) is 5.32 Å². The fourth-order valence-corrected chi connectivity index (χ4v) is 3.80. The smallest absolute Gasteiger partial charge is 0.260 e. The average molecular weight is 438 g/mol. The standard InChI is InChI=1S/C22H20F2N6O2/c1-3-18(31)16-4-11(2)14(9-25-16)13-5-12-8-26-19(29-21(32)15-7-22(15,23)24)6-17(12)30-20(13)27-10-28-30/h4-6,8-10,15,18,31H,3,7H2,1-2H3,(H,26,29,32)/t15-,18+/m1/s1. The number of pyridine rings is 3. The summed E-state index contributed by atoms with van der Waals surface area (Å²) in [6.45, 7) is 3.82. The molecule has 1 aliphatic carbocycles. The zero-order valence-corrected chi connectivity index (χ0v) is 17.4. The van der Waals surface area contributed by atoms with Crippen LogP contribution in [0.15, 0.2) is 36.9 Å². The van der Waals surface area contributed by atoms with Crippen LogP contribution in [0.5, 0.6) is 0 Å². The van der Waals surface area contributed by atoms with E-state index >= 15 is 0 Å². The van der Waals surface area contributed by atoms with Crippen LogP contribution >= 0.6 is 0 Å². The van der Waals surface area contributed by atoms with E-state index in [1.807, 2.05) is 26.0 Å². The Morgan fingerprint density at radius 1 is 1.25 bits per heavy atom. The number of anilines is 1. The maximum atomic E-state index is 13.2. The van der Waals surface area contributed by atoms with Gasteiger partial charge in [0.15, 0.2) is 5.65 Å². The summed E-state index contributed by atoms with van der Waals surface area (Å²) in [5, 5.41) is 17.6. The van der Waals surface area contributed by atoms with E-state index in [4.69, 9.17) is 0 Å². The number of fused-ring (bicyclic) bond motifs is 3. The number of nitrogens with zero attached hydrogens (tertiary/aromatic N) is 5. The molecule has 0 radical (unpaired) electrons. The SMILES string of the molecule is CC[C@H](O)c1cc(C)c(-c2cc3cnc(NC(=O)[C@H]4CC4(F)F)cc3n3ncnc23)cn1. The zero-order chi connectivity index (χ0) is 22.6. The molecule has 4 aromatic heterocycles. The molecule has 0 bridgehead atoms. The van der Waals surface area contributed by atoms with Gasteiger partial charge in [0.05, 0.1) is 17.3 Å². The summed E-state index contributed by atoms with van der Waals surface area (Å²) in [4.78, 5) is 25.0. The molecule has 2 atom stereocenters. The number of aliphatic hydroxyl groups is 1. The number of rotatable bonds is 5. The van der Waals surface area contributed by atoms with Crippen molar-refractivity contribution in [3.8, 4) is 11.1 Å². The molecule has 1 amide bonds. The lowest BCUT2D eigenvalue weighted by Gasteiger charge is -2.13. The Kier molecular flexibility index (Phi) is 4.63. The number of hydrogen-bond acceptors (Lipinski definition) is 6. The van der Waals surface area contributed by atoms with E-state index in [0.717, 1.165) is 22.1 Å². The second kappa shape index (κ2) is 7.27. The molecule has 0 aromatic carbocycles. The Balaban J connectivity index is 1.56. The lowest BCUT2D eigenvalue weighted by Crippen LogP contribution is -2.18. The van der Waals surface area contributed by atoms with Crippen LogP contribution in [0.1, 0.15) is 37.1 Å². The molecule has 164 valence electrons. The topological polar surface area (TPSA) is 105 Å². The molecule has 1 fully saturated rings. The van der Waals surface area contributed by atoms with Gasteiger partial charge >= 0.3 is 0 Å². The molecule has 4 aromatic rings. The predicted octanol–water partition coefficient (Wildman–Crippen LogP) is 3.69. The number of aliphatic hydroxyl groups excluding tert-OH is 1. The first-order chi connectivity index (χ1) is 15.3. The van der Waals surface area contributed by atoms with E-state index in [1.165, 1.54) is 6.33 Å². The van der Waals surface area contributed by atoms with Gasteiger partial charge in [-0.2, -0.15) is 5.10 Å². The number of amides is 1. The number of halogens is 2. The lowest BCUT2D eigenvalue weighted by atomic mass is 10.0. The first-order valence-electron chi connectivity index (χ1n) is 10.2. The third kappa shape index (κ3) is 3.36. The minimum atomic E-state index is -2.94. The number of aryl methyl sites for hydroxylation is 1. The summed E-state index contributed by atoms with van der Waals surface area (Å²) in [6.07, 6.45) is 4.18. The largest absolute Gasteiger partial charge is 0.387 e. The molecule has 4 heterocycles. The third-order valence-corrected chi connectivity index (χ3v) is 5.77. The molecular weight excluding hydrogens is 418 g/mol. The summed E-state index contributed by atoms with van der Waals surface area (Å²) in [6, 6.07) is 5.34. The van der Waals surface area contributed by atoms with Crippen molar-refractivity contribution in [2.24, 2.45) is 5.92 Å². The van der Waals surface area contributed by atoms with Crippen LogP contribution in [-0.4, -0.2) is 41.5 Å². The second-order valence-electron chi connectivity index (χ2n) is 8.04. The van der Waals surface area contributed by atoms with Gasteiger partial charge in [0.2, 0.25) is 5.91 Å². The van der Waals surface area contributed by atoms with Gasteiger partial charge in [0, 0.05) is 41.4 Å². The Morgan fingerprint density at radius 3 is 2.72 bits per heavy atom. The van der Waals surface area contributed by atoms with Crippen LogP contribution in [0.3, 0.4) is 0 Å². The van der Waals surface area contributed by atoms with Crippen molar-refractivity contribution in [3.63, 3.8) is 0 Å². The number of carbonyl (C=O) groups excluding carboxylic acids is 1. The van der Waals surface area contributed by atoms with Crippen molar-refractivity contribution < 1.29 is 18.7 Å². The van der Waals surface area contributed by atoms with Gasteiger partial charge in [-0.3, -0.25) is 9.78 Å². The van der Waals surface area contributed by atoms with Crippen LogP contribution < -0.4 is 5.32 Å². The maximum absolute atomic E-state index is 13.2. The Bertz CT molecular complexity index is 1370. The van der Waals surface area contributed by atoms with Gasteiger partial charge in [-0.25, -0.2) is 23.3 Å². The van der Waals surface area contributed by atoms with Crippen LogP contribution in [0.25, 0.3) is 27.7 Å². The Hall–Kier alpha value is -3.53. The number of hydrogen-bond donors (Lipinski definition) is 2. The summed E-state index contributed by atoms with van der Waals surface area (Å²) < 4.78 is 28.0. The fourth-order valence-electron chi connectivity index (χ4n) is 3.80. The van der Waals surface area contributed by atoms with E-state index in [1.54, 1.807) is 23.0 Å². The quantitative estimate of drug-likeness (QED) is 0.492. The van der Waals surface area contributed by atoms with E-state index < -0.39 is 30.3 Å². The van der Waals surface area contributed by atoms with Gasteiger partial charge in [-0.05, 0) is 31.0 Å². The van der Waals surface area contributed by atoms with E-state index in [0.29, 0.717) is 23.3 Å². The normalized spacial score (nSPS) is 18.1. The Labute approximate surface area is 181 Å². The average Bonchev–Trinajstić information content (AvgIpc) is 3.18. The highest BCUT2D eigenvalue weighted by Crippen LogP contribution is 2.49. The minimum Gasteiger partial charge on any atom is -0.387 e. The molecule has 1 aliphatic rings. The molecule has 0 unspecified atom stereocenters. The molecule has 0 saturated heterocycles. The van der Waals surface area contributed by atoms with Crippen molar-refractivity contribution in [1.82, 2.24) is 24.6 Å². The van der Waals surface area contributed by atoms with E-state index in [9.17, 15) is 18.7 Å². The predicted molar refractivity (Wildman–Crippen MR) is 113 cm³/mol. The highest BCUT2D eigenvalue weighted by atomic mass is 19.3. The van der Waals surface area contributed by atoms with Crippen LogP contribution in [0.4, 0.5) is 14.6 Å². The third-order valence-electron chi connectivity index (χ3n) is 5.77. The molecule has 5 rings (SSSR count). The van der Waals surface area contributed by atoms with Crippen LogP contribution in [0, 0.1) is 12.8 Å². The summed E-state index contributed by atoms with van der Waals surface area (Å²) in [5.41, 5.74) is 4.35. The van der Waals surface area contributed by atoms with Crippen molar-refractivity contribution in [3.05, 3.63) is 48.2 Å². The minimum absolute atomic E-state index is 0.172. The van der Waals surface area contributed by atoms with Gasteiger partial charge in [0.1, 0.15) is 18.1 Å². The van der Waals surface area contributed by atoms with Gasteiger partial charge in [0.25, 0.3) is 5.92 Å². The molecule has 10 heteroatoms. The van der Waals surface area contributed by atoms with Gasteiger partial charge < -0.3 is 10.4 Å². The van der Waals surface area contributed by atoms with Crippen molar-refractivity contribution in [1.29, 1.82) is 0 Å². The molecule has 8 nitrogen and oxygen atoms in total. The first kappa shape index (κ1) is 20.4. The van der Waals surface area contributed by atoms with Crippen LogP contribution in [-0.2, 0) is 4.79 Å². The Morgan fingerprint density at radius 2 is 2.03 bits per heavy atom. The number of aromatic nitrogens is 5. The lowest BCUT2D eigenvalue weighted by molar-refractivity contribution is -0.119. The fraction of sp³-hybridized carbons (Fsp3) is 0.318. The van der Waals surface area contributed by atoms with E-state index in [-0.39, 0.29) is 5.82 Å². The summed E-state index contributed by atoms with van der Waals surface area (Å²) in [5.74, 6) is -4.82. The van der Waals surface area contributed by atoms with E-state index in [2.05, 4.69) is 25.4 Å². The summed E-state index contributed by atoms with van der Waals surface area (Å²) in [7, 11) is 0. The highest BCUT2D eigenvalue weighted by molar-refractivity contribution is 5.97. The zero-order valence-electron chi connectivity index (χ0n) is 17.4. The maximum Gasteiger partial charge on any atom is 0.260 e. The van der Waals surface area contributed by atoms with Gasteiger partial charge in [-0.15, -0.1) is 0 Å². The molecule has 0 spiro atoms. The van der Waals surface area contributed by atoms with Crippen LogP contribution in [0.2, 0.25) is 0 Å². The molecule has 0 aliphatic heterocycles. The molecule has 32 heavy (non-hydrogen) atoms. The van der Waals surface area contributed by atoms with Gasteiger partial charge in [-0.1, -0.05) is 6.92 Å². The second-order valence-corrected chi connectivity index (χ2v) is 8.04. The molecule has 1 saturated carbocycles. The number of carbonyl (C=O) groups is 1. The number of nitrogens with one attached hydrogen (secondary N) is 1. The molecule has 2 N–H and O–H groups in total. The first-order valence-corrected chi connectivity index (χ1v) is 10.2. The summed E-state index contributed by atoms with van der Waals surface area (Å²) >= 11 is 0. The monoisotopic (exact) mass is 438 g/mol. The van der Waals surface area contributed by atoms with Crippen molar-refractivity contribution in [2.45, 2.75) is 38.7 Å². The highest BCUT2D eigenvalue weighted by Gasteiger charge is 2.61.